The topological polar surface area (TPSA) is 59.0 Å². The Balaban J connectivity index is 1.90. The molecule has 0 aliphatic carbocycles. The van der Waals surface area contributed by atoms with Gasteiger partial charge in [-0.3, -0.25) is 5.32 Å². The number of anilines is 2. The van der Waals surface area contributed by atoms with Crippen LogP contribution in [0.3, 0.4) is 0 Å². The van der Waals surface area contributed by atoms with Gasteiger partial charge < -0.3 is 5.32 Å². The molecule has 2 aromatic carbocycles. The summed E-state index contributed by atoms with van der Waals surface area (Å²) >= 11 is 3.41. The molecule has 6 heteroatoms. The smallest absolute Gasteiger partial charge is 0.308 e. The molecule has 1 heterocycles. The van der Waals surface area contributed by atoms with E-state index in [4.69, 9.17) is 5.10 Å². The number of nitrogens with zero attached hydrogens (tertiary/aromatic N) is 2. The lowest BCUT2D eigenvalue weighted by molar-refractivity contribution is 0.262. The molecule has 0 bridgehead atoms. The fourth-order valence-electron chi connectivity index (χ4n) is 2.56. The summed E-state index contributed by atoms with van der Waals surface area (Å²) in [4.78, 5) is 12.5. The molecule has 0 saturated carbocycles. The molecule has 3 aromatic rings. The Labute approximate surface area is 167 Å². The molecule has 2 amide bonds. The number of benzene rings is 2. The zero-order chi connectivity index (χ0) is 19.6. The number of carbonyl (C=O) groups is 1. The van der Waals surface area contributed by atoms with Crippen LogP contribution in [0.15, 0.2) is 59.1 Å². The molecule has 0 unspecified atom stereocenters. The number of urea groups is 1. The van der Waals surface area contributed by atoms with E-state index < -0.39 is 0 Å². The second-order valence-corrected chi connectivity index (χ2v) is 8.42. The van der Waals surface area contributed by atoms with Crippen LogP contribution in [-0.4, -0.2) is 15.8 Å². The van der Waals surface area contributed by atoms with Gasteiger partial charge in [-0.1, -0.05) is 60.5 Å². The van der Waals surface area contributed by atoms with Crippen molar-refractivity contribution in [3.05, 3.63) is 70.3 Å². The van der Waals surface area contributed by atoms with Gasteiger partial charge in [-0.2, -0.15) is 5.10 Å². The summed E-state index contributed by atoms with van der Waals surface area (Å²) in [6.45, 7) is 8.33. The highest BCUT2D eigenvalue weighted by atomic mass is 79.9. The van der Waals surface area contributed by atoms with Gasteiger partial charge in [0.15, 0.2) is 0 Å². The van der Waals surface area contributed by atoms with Crippen LogP contribution in [0.5, 0.6) is 0 Å². The van der Waals surface area contributed by atoms with Crippen molar-refractivity contribution in [1.82, 2.24) is 9.78 Å². The van der Waals surface area contributed by atoms with Crippen LogP contribution in [0.4, 0.5) is 16.3 Å². The predicted molar refractivity (Wildman–Crippen MR) is 114 cm³/mol. The maximum Gasteiger partial charge on any atom is 0.324 e. The van der Waals surface area contributed by atoms with Crippen LogP contribution in [0.25, 0.3) is 5.69 Å². The second-order valence-electron chi connectivity index (χ2n) is 7.50. The van der Waals surface area contributed by atoms with Crippen LogP contribution >= 0.6 is 15.9 Å². The molecule has 0 spiro atoms. The maximum atomic E-state index is 12.5. The van der Waals surface area contributed by atoms with Crippen molar-refractivity contribution < 1.29 is 4.79 Å². The number of rotatable bonds is 3. The first-order chi connectivity index (χ1) is 12.7. The molecular formula is C21H23BrN4O. The van der Waals surface area contributed by atoms with Gasteiger partial charge in [-0.25, -0.2) is 9.48 Å². The minimum Gasteiger partial charge on any atom is -0.308 e. The average molecular weight is 427 g/mol. The number of amides is 2. The van der Waals surface area contributed by atoms with Crippen LogP contribution < -0.4 is 10.6 Å². The molecule has 1 aromatic heterocycles. The van der Waals surface area contributed by atoms with Gasteiger partial charge in [0.25, 0.3) is 0 Å². The Kier molecular flexibility index (Phi) is 5.37. The van der Waals surface area contributed by atoms with Crippen molar-refractivity contribution in [3.8, 4) is 5.69 Å². The van der Waals surface area contributed by atoms with E-state index in [0.29, 0.717) is 11.5 Å². The number of carbonyl (C=O) groups excluding carboxylic acids is 1. The monoisotopic (exact) mass is 426 g/mol. The predicted octanol–water partition coefficient (Wildman–Crippen LogP) is 5.88. The van der Waals surface area contributed by atoms with E-state index in [0.717, 1.165) is 15.9 Å². The van der Waals surface area contributed by atoms with E-state index in [9.17, 15) is 4.79 Å². The molecule has 3 rings (SSSR count). The lowest BCUT2D eigenvalue weighted by Crippen LogP contribution is -2.21. The van der Waals surface area contributed by atoms with Crippen LogP contribution in [0.1, 0.15) is 32.0 Å². The van der Waals surface area contributed by atoms with E-state index in [-0.39, 0.29) is 11.4 Å². The number of aromatic nitrogens is 2. The Morgan fingerprint density at radius 2 is 1.74 bits per heavy atom. The minimum absolute atomic E-state index is 0.132. The molecule has 27 heavy (non-hydrogen) atoms. The minimum atomic E-state index is -0.318. The summed E-state index contributed by atoms with van der Waals surface area (Å²) in [5.41, 5.74) is 3.55. The molecule has 140 valence electrons. The van der Waals surface area contributed by atoms with Crippen LogP contribution in [0.2, 0.25) is 0 Å². The molecule has 5 nitrogen and oxygen atoms in total. The van der Waals surface area contributed by atoms with Crippen LogP contribution in [0, 0.1) is 6.92 Å². The molecule has 0 fully saturated rings. The van der Waals surface area contributed by atoms with Gasteiger partial charge in [-0.15, -0.1) is 0 Å². The summed E-state index contributed by atoms with van der Waals surface area (Å²) in [5.74, 6) is 0.622. The van der Waals surface area contributed by atoms with Crippen molar-refractivity contribution in [2.75, 3.05) is 10.6 Å². The number of aryl methyl sites for hydroxylation is 1. The highest BCUT2D eigenvalue weighted by Gasteiger charge is 2.21. The summed E-state index contributed by atoms with van der Waals surface area (Å²) in [5, 5.41) is 10.5. The number of nitrogens with one attached hydrogen (secondary N) is 2. The third-order valence-electron chi connectivity index (χ3n) is 4.08. The summed E-state index contributed by atoms with van der Waals surface area (Å²) in [6, 6.07) is 17.1. The highest BCUT2D eigenvalue weighted by molar-refractivity contribution is 9.10. The van der Waals surface area contributed by atoms with Gasteiger partial charge in [-0.05, 0) is 37.3 Å². The van der Waals surface area contributed by atoms with Gasteiger partial charge in [0.2, 0.25) is 0 Å². The molecular weight excluding hydrogens is 404 g/mol. The largest absolute Gasteiger partial charge is 0.324 e. The Bertz CT molecular complexity index is 955. The fourth-order valence-corrected chi connectivity index (χ4v) is 2.96. The third kappa shape index (κ3) is 4.77. The normalized spacial score (nSPS) is 11.3. The third-order valence-corrected chi connectivity index (χ3v) is 4.57. The zero-order valence-electron chi connectivity index (χ0n) is 15.9. The van der Waals surface area contributed by atoms with Gasteiger partial charge in [0.05, 0.1) is 11.4 Å². The molecule has 0 saturated heterocycles. The molecule has 0 aliphatic heterocycles. The molecule has 0 aliphatic rings. The molecule has 0 atom stereocenters. The van der Waals surface area contributed by atoms with Crippen molar-refractivity contribution in [2.24, 2.45) is 0 Å². The zero-order valence-corrected chi connectivity index (χ0v) is 17.5. The van der Waals surface area contributed by atoms with E-state index in [1.165, 1.54) is 5.56 Å². The summed E-state index contributed by atoms with van der Waals surface area (Å²) in [6.07, 6.45) is 0. The first-order valence-electron chi connectivity index (χ1n) is 8.73. The van der Waals surface area contributed by atoms with Crippen molar-refractivity contribution in [3.63, 3.8) is 0 Å². The molecule has 2 N–H and O–H groups in total. The second kappa shape index (κ2) is 7.56. The van der Waals surface area contributed by atoms with E-state index in [2.05, 4.69) is 47.3 Å². The van der Waals surface area contributed by atoms with Gasteiger partial charge in [0, 0.05) is 21.6 Å². The number of halogens is 1. The van der Waals surface area contributed by atoms with E-state index in [1.54, 1.807) is 4.68 Å². The Morgan fingerprint density at radius 1 is 1.04 bits per heavy atom. The lowest BCUT2D eigenvalue weighted by Gasteiger charge is -2.14. The van der Waals surface area contributed by atoms with Crippen molar-refractivity contribution >= 4 is 33.5 Å². The Hall–Kier alpha value is -2.60. The fraction of sp³-hybridized carbons (Fsp3) is 0.238. The number of hydrogen-bond donors (Lipinski definition) is 2. The van der Waals surface area contributed by atoms with E-state index >= 15 is 0 Å². The Morgan fingerprint density at radius 3 is 2.37 bits per heavy atom. The van der Waals surface area contributed by atoms with E-state index in [1.807, 2.05) is 61.5 Å². The SMILES string of the molecule is Cc1ccc(-n2nc(C(C)(C)C)cc2NC(=O)Nc2cccc(Br)c2)cc1. The summed E-state index contributed by atoms with van der Waals surface area (Å²) in [7, 11) is 0. The van der Waals surface area contributed by atoms with Crippen molar-refractivity contribution in [1.29, 1.82) is 0 Å². The average Bonchev–Trinajstić information content (AvgIpc) is 2.99. The molecule has 0 radical (unpaired) electrons. The first-order valence-corrected chi connectivity index (χ1v) is 9.53. The standard InChI is InChI=1S/C21H23BrN4O/c1-14-8-10-17(11-9-14)26-19(13-18(25-26)21(2,3)4)24-20(27)23-16-7-5-6-15(22)12-16/h5-13H,1-4H3,(H2,23,24,27). The lowest BCUT2D eigenvalue weighted by atomic mass is 9.92. The van der Waals surface area contributed by atoms with Crippen molar-refractivity contribution in [2.45, 2.75) is 33.1 Å². The van der Waals surface area contributed by atoms with Crippen LogP contribution in [-0.2, 0) is 5.41 Å². The summed E-state index contributed by atoms with van der Waals surface area (Å²) < 4.78 is 2.67. The highest BCUT2D eigenvalue weighted by Crippen LogP contribution is 2.26. The maximum absolute atomic E-state index is 12.5. The van der Waals surface area contributed by atoms with Gasteiger partial charge >= 0.3 is 6.03 Å². The first kappa shape index (κ1) is 19.2. The quantitative estimate of drug-likeness (QED) is 0.548. The number of hydrogen-bond acceptors (Lipinski definition) is 2. The van der Waals surface area contributed by atoms with Gasteiger partial charge in [0.1, 0.15) is 5.82 Å².